The number of hydrogen-bond acceptors (Lipinski definition) is 3. The second-order valence-corrected chi connectivity index (χ2v) is 4.72. The van der Waals surface area contributed by atoms with E-state index in [1.54, 1.807) is 0 Å². The zero-order chi connectivity index (χ0) is 15.7. The fraction of sp³-hybridized carbons (Fsp3) is 0.400. The quantitative estimate of drug-likeness (QED) is 0.474. The number of benzene rings is 1. The van der Waals surface area contributed by atoms with Crippen LogP contribution in [0.3, 0.4) is 0 Å². The van der Waals surface area contributed by atoms with Crippen LogP contribution in [-0.2, 0) is 16.1 Å². The summed E-state index contributed by atoms with van der Waals surface area (Å²) in [5.41, 5.74) is 9.29. The summed E-state index contributed by atoms with van der Waals surface area (Å²) in [6.45, 7) is 3.85. The molecule has 1 aromatic carbocycles. The van der Waals surface area contributed by atoms with Gasteiger partial charge in [-0.1, -0.05) is 50.6 Å². The van der Waals surface area contributed by atoms with Gasteiger partial charge in [0, 0.05) is 0 Å². The van der Waals surface area contributed by atoms with E-state index < -0.39 is 17.9 Å². The van der Waals surface area contributed by atoms with Crippen molar-refractivity contribution in [2.45, 2.75) is 32.9 Å². The SMILES string of the molecule is CC[C@@H](C)[C@@H](NC(=O)OCc1ccccc1)C(=O)C=[N+]=[N-]. The first-order valence-electron chi connectivity index (χ1n) is 6.77. The Morgan fingerprint density at radius 1 is 1.38 bits per heavy atom. The number of hydrogen-bond donors (Lipinski definition) is 1. The number of ketones is 1. The Bertz CT molecular complexity index is 524. The van der Waals surface area contributed by atoms with E-state index in [1.807, 2.05) is 44.2 Å². The minimum absolute atomic E-state index is 0.0974. The number of carbonyl (C=O) groups excluding carboxylic acids is 2. The van der Waals surface area contributed by atoms with Gasteiger partial charge in [-0.25, -0.2) is 4.79 Å². The second-order valence-electron chi connectivity index (χ2n) is 4.72. The van der Waals surface area contributed by atoms with Crippen LogP contribution in [-0.4, -0.2) is 28.9 Å². The first-order valence-corrected chi connectivity index (χ1v) is 6.77. The monoisotopic (exact) mass is 289 g/mol. The number of rotatable bonds is 7. The van der Waals surface area contributed by atoms with Crippen LogP contribution in [0.2, 0.25) is 0 Å². The average molecular weight is 289 g/mol. The highest BCUT2D eigenvalue weighted by molar-refractivity contribution is 6.28. The first kappa shape index (κ1) is 16.6. The average Bonchev–Trinajstić information content (AvgIpc) is 2.51. The molecule has 0 aliphatic heterocycles. The molecule has 0 bridgehead atoms. The van der Waals surface area contributed by atoms with E-state index in [2.05, 4.69) is 10.1 Å². The molecule has 0 heterocycles. The third kappa shape index (κ3) is 5.58. The van der Waals surface area contributed by atoms with E-state index in [0.29, 0.717) is 6.42 Å². The van der Waals surface area contributed by atoms with Crippen LogP contribution >= 0.6 is 0 Å². The highest BCUT2D eigenvalue weighted by atomic mass is 16.5. The van der Waals surface area contributed by atoms with Gasteiger partial charge in [-0.05, 0) is 11.5 Å². The van der Waals surface area contributed by atoms with Crippen LogP contribution in [0, 0.1) is 5.92 Å². The molecule has 0 radical (unpaired) electrons. The van der Waals surface area contributed by atoms with Crippen molar-refractivity contribution in [3.63, 3.8) is 0 Å². The maximum absolute atomic E-state index is 11.8. The number of alkyl carbamates (subject to hydrolysis) is 1. The molecule has 0 aliphatic carbocycles. The Morgan fingerprint density at radius 2 is 2.05 bits per heavy atom. The van der Waals surface area contributed by atoms with E-state index in [0.717, 1.165) is 11.8 Å². The predicted octanol–water partition coefficient (Wildman–Crippen LogP) is 2.20. The largest absolute Gasteiger partial charge is 0.445 e. The molecule has 21 heavy (non-hydrogen) atoms. The lowest BCUT2D eigenvalue weighted by Crippen LogP contribution is -2.45. The van der Waals surface area contributed by atoms with Gasteiger partial charge in [-0.3, -0.25) is 4.79 Å². The summed E-state index contributed by atoms with van der Waals surface area (Å²) < 4.78 is 5.07. The Labute approximate surface area is 123 Å². The minimum Gasteiger partial charge on any atom is -0.445 e. The Morgan fingerprint density at radius 3 is 2.62 bits per heavy atom. The van der Waals surface area contributed by atoms with Gasteiger partial charge in [0.25, 0.3) is 5.78 Å². The second kappa shape index (κ2) is 8.66. The molecule has 1 rings (SSSR count). The number of carbonyl (C=O) groups is 2. The Kier molecular flexibility index (Phi) is 6.84. The summed E-state index contributed by atoms with van der Waals surface area (Å²) in [5, 5.41) is 2.51. The van der Waals surface area contributed by atoms with Crippen molar-refractivity contribution in [3.8, 4) is 0 Å². The number of Topliss-reactive ketones (excluding diaryl/α,β-unsaturated/α-hetero) is 1. The number of ether oxygens (including phenoxy) is 1. The molecule has 1 amide bonds. The van der Waals surface area contributed by atoms with Crippen molar-refractivity contribution < 1.29 is 19.1 Å². The summed E-state index contributed by atoms with van der Waals surface area (Å²) in [6, 6.07) is 8.47. The topological polar surface area (TPSA) is 91.8 Å². The van der Waals surface area contributed by atoms with Crippen molar-refractivity contribution in [2.75, 3.05) is 0 Å². The van der Waals surface area contributed by atoms with Crippen molar-refractivity contribution in [1.29, 1.82) is 0 Å². The molecular formula is C15H19N3O3. The van der Waals surface area contributed by atoms with E-state index in [9.17, 15) is 9.59 Å². The number of amides is 1. The molecule has 0 saturated heterocycles. The molecular weight excluding hydrogens is 270 g/mol. The van der Waals surface area contributed by atoms with E-state index in [4.69, 9.17) is 10.3 Å². The molecule has 0 fully saturated rings. The first-order chi connectivity index (χ1) is 10.1. The lowest BCUT2D eigenvalue weighted by Gasteiger charge is -2.20. The summed E-state index contributed by atoms with van der Waals surface area (Å²) in [5.74, 6) is -0.566. The van der Waals surface area contributed by atoms with Crippen LogP contribution in [0.4, 0.5) is 4.79 Å². The molecule has 2 atom stereocenters. The summed E-state index contributed by atoms with van der Waals surface area (Å²) in [4.78, 5) is 26.2. The Balaban J connectivity index is 2.59. The summed E-state index contributed by atoms with van der Waals surface area (Å²) in [6.07, 6.45) is 0.798. The Hall–Kier alpha value is -2.46. The summed E-state index contributed by atoms with van der Waals surface area (Å²) in [7, 11) is 0. The number of nitrogens with zero attached hydrogens (tertiary/aromatic N) is 2. The van der Waals surface area contributed by atoms with Crippen LogP contribution in [0.15, 0.2) is 30.3 Å². The van der Waals surface area contributed by atoms with E-state index in [-0.39, 0.29) is 12.5 Å². The molecule has 112 valence electrons. The third-order valence-corrected chi connectivity index (χ3v) is 3.19. The third-order valence-electron chi connectivity index (χ3n) is 3.19. The van der Waals surface area contributed by atoms with Gasteiger partial charge in [-0.2, -0.15) is 4.79 Å². The maximum atomic E-state index is 11.8. The van der Waals surface area contributed by atoms with Crippen LogP contribution < -0.4 is 5.32 Å². The lowest BCUT2D eigenvalue weighted by molar-refractivity contribution is -0.118. The van der Waals surface area contributed by atoms with Crippen molar-refractivity contribution in [2.24, 2.45) is 5.92 Å². The normalized spacial score (nSPS) is 12.7. The molecule has 0 unspecified atom stereocenters. The van der Waals surface area contributed by atoms with Gasteiger partial charge in [0.1, 0.15) is 12.6 Å². The van der Waals surface area contributed by atoms with Crippen molar-refractivity contribution >= 4 is 18.1 Å². The molecule has 6 nitrogen and oxygen atoms in total. The van der Waals surface area contributed by atoms with E-state index in [1.165, 1.54) is 0 Å². The van der Waals surface area contributed by atoms with Gasteiger partial charge in [0.2, 0.25) is 0 Å². The number of nitrogens with one attached hydrogen (secondary N) is 1. The van der Waals surface area contributed by atoms with Gasteiger partial charge in [0.15, 0.2) is 0 Å². The fourth-order valence-electron chi connectivity index (χ4n) is 1.76. The standard InChI is InChI=1S/C15H19N3O3/c1-3-11(2)14(13(19)9-17-16)18-15(20)21-10-12-7-5-4-6-8-12/h4-9,11,14H,3,10H2,1-2H3,(H,18,20)/t11-,14-/m1/s1. The molecule has 1 aromatic rings. The zero-order valence-corrected chi connectivity index (χ0v) is 12.2. The van der Waals surface area contributed by atoms with Gasteiger partial charge < -0.3 is 15.6 Å². The van der Waals surface area contributed by atoms with Gasteiger partial charge >= 0.3 is 12.3 Å². The predicted molar refractivity (Wildman–Crippen MR) is 77.7 cm³/mol. The highest BCUT2D eigenvalue weighted by Gasteiger charge is 2.27. The minimum atomic E-state index is -0.769. The van der Waals surface area contributed by atoms with E-state index >= 15 is 0 Å². The molecule has 0 aliphatic rings. The molecule has 0 spiro atoms. The fourth-order valence-corrected chi connectivity index (χ4v) is 1.76. The zero-order valence-electron chi connectivity index (χ0n) is 12.2. The van der Waals surface area contributed by atoms with Crippen molar-refractivity contribution in [1.82, 2.24) is 5.32 Å². The molecule has 0 saturated carbocycles. The van der Waals surface area contributed by atoms with Crippen LogP contribution in [0.5, 0.6) is 0 Å². The lowest BCUT2D eigenvalue weighted by atomic mass is 9.96. The molecule has 0 aromatic heterocycles. The molecule has 1 N–H and O–H groups in total. The van der Waals surface area contributed by atoms with Gasteiger partial charge in [-0.15, -0.1) is 0 Å². The highest BCUT2D eigenvalue weighted by Crippen LogP contribution is 2.09. The van der Waals surface area contributed by atoms with Crippen LogP contribution in [0.1, 0.15) is 25.8 Å². The maximum Gasteiger partial charge on any atom is 0.408 e. The van der Waals surface area contributed by atoms with Crippen molar-refractivity contribution in [3.05, 3.63) is 41.4 Å². The van der Waals surface area contributed by atoms with Crippen LogP contribution in [0.25, 0.3) is 5.53 Å². The smallest absolute Gasteiger partial charge is 0.408 e. The summed E-state index contributed by atoms with van der Waals surface area (Å²) >= 11 is 0. The molecule has 6 heteroatoms. The van der Waals surface area contributed by atoms with Gasteiger partial charge in [0.05, 0.1) is 0 Å².